The van der Waals surface area contributed by atoms with E-state index in [1.807, 2.05) is 39.0 Å². The first-order valence-corrected chi connectivity index (χ1v) is 8.82. The summed E-state index contributed by atoms with van der Waals surface area (Å²) in [7, 11) is 0. The molecule has 0 aliphatic heterocycles. The predicted octanol–water partition coefficient (Wildman–Crippen LogP) is 3.41. The van der Waals surface area contributed by atoms with Gasteiger partial charge in [-0.15, -0.1) is 0 Å². The summed E-state index contributed by atoms with van der Waals surface area (Å²) in [4.78, 5) is 25.1. The number of aromatic nitrogens is 2. The van der Waals surface area contributed by atoms with Gasteiger partial charge in [-0.2, -0.15) is 5.10 Å². The van der Waals surface area contributed by atoms with Gasteiger partial charge in [0.2, 0.25) is 5.91 Å². The Labute approximate surface area is 154 Å². The van der Waals surface area contributed by atoms with Crippen LogP contribution in [0.1, 0.15) is 56.2 Å². The Balaban J connectivity index is 2.08. The number of carbonyl (C=O) groups excluding carboxylic acids is 2. The van der Waals surface area contributed by atoms with Crippen LogP contribution in [0.4, 0.5) is 5.82 Å². The number of hydrogen-bond donors (Lipinski definition) is 3. The van der Waals surface area contributed by atoms with Gasteiger partial charge in [-0.1, -0.05) is 52.3 Å². The Bertz CT molecular complexity index is 770. The summed E-state index contributed by atoms with van der Waals surface area (Å²) in [6.45, 7) is 11.9. The molecule has 2 aromatic rings. The van der Waals surface area contributed by atoms with Crippen molar-refractivity contribution in [2.75, 3.05) is 5.32 Å². The monoisotopic (exact) mass is 356 g/mol. The minimum atomic E-state index is -0.654. The second-order valence-electron chi connectivity index (χ2n) is 7.97. The van der Waals surface area contributed by atoms with Crippen LogP contribution in [0.2, 0.25) is 0 Å². The molecule has 0 spiro atoms. The topological polar surface area (TPSA) is 86.9 Å². The Morgan fingerprint density at radius 2 is 1.73 bits per heavy atom. The molecule has 3 N–H and O–H groups in total. The molecular weight excluding hydrogens is 328 g/mol. The summed E-state index contributed by atoms with van der Waals surface area (Å²) in [5.74, 6) is -0.163. The second-order valence-corrected chi connectivity index (χ2v) is 7.97. The number of nitrogens with one attached hydrogen (secondary N) is 3. The van der Waals surface area contributed by atoms with Crippen molar-refractivity contribution in [3.63, 3.8) is 0 Å². The molecule has 0 radical (unpaired) electrons. The fourth-order valence-corrected chi connectivity index (χ4v) is 2.44. The normalized spacial score (nSPS) is 12.7. The fraction of sp³-hybridized carbons (Fsp3) is 0.450. The lowest BCUT2D eigenvalue weighted by atomic mass is 9.92. The van der Waals surface area contributed by atoms with Crippen LogP contribution in [0.5, 0.6) is 0 Å². The quantitative estimate of drug-likeness (QED) is 0.767. The number of aromatic amines is 1. The summed E-state index contributed by atoms with van der Waals surface area (Å²) in [5, 5.41) is 12.7. The SMILES string of the molecule is Cc1ccc(C(=O)NC(C(=O)Nc2cc(C(C)(C)C)[nH]n2)C(C)C)cc1. The Morgan fingerprint density at radius 3 is 2.23 bits per heavy atom. The summed E-state index contributed by atoms with van der Waals surface area (Å²) in [6, 6.07) is 8.41. The van der Waals surface area contributed by atoms with Gasteiger partial charge < -0.3 is 10.6 Å². The van der Waals surface area contributed by atoms with E-state index in [1.54, 1.807) is 12.1 Å². The van der Waals surface area contributed by atoms with Crippen LogP contribution in [0.25, 0.3) is 0 Å². The van der Waals surface area contributed by atoms with Crippen molar-refractivity contribution in [2.45, 2.75) is 53.0 Å². The van der Waals surface area contributed by atoms with Gasteiger partial charge in [0.15, 0.2) is 5.82 Å². The van der Waals surface area contributed by atoms with Crippen molar-refractivity contribution in [1.29, 1.82) is 0 Å². The molecule has 6 nitrogen and oxygen atoms in total. The molecule has 1 aromatic heterocycles. The molecule has 1 heterocycles. The Hall–Kier alpha value is -2.63. The molecule has 0 saturated heterocycles. The van der Waals surface area contributed by atoms with Gasteiger partial charge in [-0.25, -0.2) is 0 Å². The highest BCUT2D eigenvalue weighted by Gasteiger charge is 2.26. The van der Waals surface area contributed by atoms with E-state index >= 15 is 0 Å². The standard InChI is InChI=1S/C20H28N4O2/c1-12(2)17(22-18(25)14-9-7-13(3)8-10-14)19(26)21-16-11-15(23-24-16)20(4,5)6/h7-12,17H,1-6H3,(H,22,25)(H2,21,23,24,26). The van der Waals surface area contributed by atoms with Crippen molar-refractivity contribution in [2.24, 2.45) is 5.92 Å². The van der Waals surface area contributed by atoms with Crippen molar-refractivity contribution < 1.29 is 9.59 Å². The number of amides is 2. The lowest BCUT2D eigenvalue weighted by Crippen LogP contribution is -2.47. The zero-order valence-electron chi connectivity index (χ0n) is 16.3. The van der Waals surface area contributed by atoms with Crippen LogP contribution in [-0.2, 0) is 10.2 Å². The maximum atomic E-state index is 12.7. The maximum absolute atomic E-state index is 12.7. The Kier molecular flexibility index (Phi) is 5.85. The predicted molar refractivity (Wildman–Crippen MR) is 103 cm³/mol. The zero-order chi connectivity index (χ0) is 19.5. The molecule has 140 valence electrons. The number of nitrogens with zero attached hydrogens (tertiary/aromatic N) is 1. The fourth-order valence-electron chi connectivity index (χ4n) is 2.44. The number of rotatable bonds is 5. The van der Waals surface area contributed by atoms with Crippen LogP contribution in [0, 0.1) is 12.8 Å². The average Bonchev–Trinajstić information content (AvgIpc) is 3.01. The lowest BCUT2D eigenvalue weighted by Gasteiger charge is -2.21. The van der Waals surface area contributed by atoms with Crippen molar-refractivity contribution in [1.82, 2.24) is 15.5 Å². The van der Waals surface area contributed by atoms with Gasteiger partial charge in [0.1, 0.15) is 6.04 Å². The first-order valence-electron chi connectivity index (χ1n) is 8.82. The molecule has 0 bridgehead atoms. The molecule has 1 unspecified atom stereocenters. The number of anilines is 1. The van der Waals surface area contributed by atoms with Gasteiger partial charge in [-0.05, 0) is 25.0 Å². The molecule has 26 heavy (non-hydrogen) atoms. The van der Waals surface area contributed by atoms with E-state index in [4.69, 9.17) is 0 Å². The van der Waals surface area contributed by atoms with Crippen LogP contribution in [0.3, 0.4) is 0 Å². The highest BCUT2D eigenvalue weighted by molar-refractivity contribution is 6.01. The second kappa shape index (κ2) is 7.72. The minimum Gasteiger partial charge on any atom is -0.340 e. The maximum Gasteiger partial charge on any atom is 0.251 e. The van der Waals surface area contributed by atoms with E-state index in [-0.39, 0.29) is 23.1 Å². The number of hydrogen-bond acceptors (Lipinski definition) is 3. The smallest absolute Gasteiger partial charge is 0.251 e. The summed E-state index contributed by atoms with van der Waals surface area (Å²) in [5.41, 5.74) is 2.45. The first kappa shape index (κ1) is 19.7. The van der Waals surface area contributed by atoms with Gasteiger partial charge in [0.05, 0.1) is 0 Å². The van der Waals surface area contributed by atoms with E-state index < -0.39 is 6.04 Å². The van der Waals surface area contributed by atoms with Gasteiger partial charge in [0, 0.05) is 22.7 Å². The Morgan fingerprint density at radius 1 is 1.12 bits per heavy atom. The molecular formula is C20H28N4O2. The third-order valence-corrected chi connectivity index (χ3v) is 4.19. The van der Waals surface area contributed by atoms with Gasteiger partial charge in [-0.3, -0.25) is 14.7 Å². The molecule has 0 aliphatic rings. The molecule has 0 fully saturated rings. The highest BCUT2D eigenvalue weighted by atomic mass is 16.2. The van der Waals surface area contributed by atoms with Crippen molar-refractivity contribution in [3.05, 3.63) is 47.2 Å². The molecule has 2 rings (SSSR count). The minimum absolute atomic E-state index is 0.0644. The van der Waals surface area contributed by atoms with Crippen LogP contribution in [-0.4, -0.2) is 28.1 Å². The van der Waals surface area contributed by atoms with E-state index in [1.165, 1.54) is 0 Å². The number of H-pyrrole nitrogens is 1. The summed E-state index contributed by atoms with van der Waals surface area (Å²) in [6.07, 6.45) is 0. The zero-order valence-corrected chi connectivity index (χ0v) is 16.3. The van der Waals surface area contributed by atoms with E-state index in [2.05, 4.69) is 41.6 Å². The van der Waals surface area contributed by atoms with E-state index in [0.717, 1.165) is 11.3 Å². The molecule has 1 atom stereocenters. The lowest BCUT2D eigenvalue weighted by molar-refractivity contribution is -0.118. The molecule has 0 aliphatic carbocycles. The third-order valence-electron chi connectivity index (χ3n) is 4.19. The van der Waals surface area contributed by atoms with Crippen LogP contribution < -0.4 is 10.6 Å². The van der Waals surface area contributed by atoms with Crippen LogP contribution >= 0.6 is 0 Å². The highest BCUT2D eigenvalue weighted by Crippen LogP contribution is 2.22. The molecule has 1 aromatic carbocycles. The average molecular weight is 356 g/mol. The summed E-state index contributed by atoms with van der Waals surface area (Å²) < 4.78 is 0. The van der Waals surface area contributed by atoms with Gasteiger partial charge in [0.25, 0.3) is 5.91 Å². The van der Waals surface area contributed by atoms with Crippen molar-refractivity contribution in [3.8, 4) is 0 Å². The van der Waals surface area contributed by atoms with Crippen molar-refractivity contribution >= 4 is 17.6 Å². The number of aryl methyl sites for hydroxylation is 1. The largest absolute Gasteiger partial charge is 0.340 e. The molecule has 6 heteroatoms. The van der Waals surface area contributed by atoms with E-state index in [9.17, 15) is 9.59 Å². The molecule has 0 saturated carbocycles. The number of carbonyl (C=O) groups is 2. The van der Waals surface area contributed by atoms with Gasteiger partial charge >= 0.3 is 0 Å². The van der Waals surface area contributed by atoms with Crippen LogP contribution in [0.15, 0.2) is 30.3 Å². The third kappa shape index (κ3) is 4.94. The first-order chi connectivity index (χ1) is 12.1. The molecule has 2 amide bonds. The summed E-state index contributed by atoms with van der Waals surface area (Å²) >= 11 is 0. The number of benzene rings is 1. The van der Waals surface area contributed by atoms with E-state index in [0.29, 0.717) is 11.4 Å².